The molecule has 0 radical (unpaired) electrons. The normalized spacial score (nSPS) is 14.3. The van der Waals surface area contributed by atoms with Crippen molar-refractivity contribution in [2.24, 2.45) is 0 Å². The highest BCUT2D eigenvalue weighted by Gasteiger charge is 2.13. The highest BCUT2D eigenvalue weighted by molar-refractivity contribution is 5.64. The molecule has 4 rings (SSSR count). The molecule has 0 amide bonds. The number of hydrogen-bond donors (Lipinski definition) is 0. The molecule has 0 atom stereocenters. The fraction of sp³-hybridized carbons (Fsp3) is 0.308. The van der Waals surface area contributed by atoms with Crippen LogP contribution in [0.1, 0.15) is 32.1 Å². The van der Waals surface area contributed by atoms with Crippen molar-refractivity contribution >= 4 is 0 Å². The first kappa shape index (κ1) is 20.3. The summed E-state index contributed by atoms with van der Waals surface area (Å²) in [6.45, 7) is 0.499. The van der Waals surface area contributed by atoms with Gasteiger partial charge in [0.05, 0.1) is 6.10 Å². The molecule has 0 aromatic heterocycles. The van der Waals surface area contributed by atoms with E-state index in [1.807, 2.05) is 66.7 Å². The zero-order valence-electron chi connectivity index (χ0n) is 17.2. The highest BCUT2D eigenvalue weighted by Crippen LogP contribution is 2.25. The third-order valence-electron chi connectivity index (χ3n) is 5.32. The van der Waals surface area contributed by atoms with Crippen LogP contribution in [0.3, 0.4) is 0 Å². The van der Waals surface area contributed by atoms with Gasteiger partial charge in [-0.3, -0.25) is 0 Å². The maximum atomic E-state index is 5.83. The molecular weight excluding hydrogens is 376 g/mol. The number of rotatable bonds is 9. The Bertz CT molecular complexity index is 869. The molecule has 0 aliphatic heterocycles. The van der Waals surface area contributed by atoms with E-state index in [1.165, 1.54) is 19.3 Å². The molecule has 0 bridgehead atoms. The van der Waals surface area contributed by atoms with Gasteiger partial charge in [-0.2, -0.15) is 0 Å². The van der Waals surface area contributed by atoms with Gasteiger partial charge in [0.2, 0.25) is 6.79 Å². The standard InChI is InChI=1S/C26H28O4/c1-3-7-23(8-4-1)27-19-29-25-15-11-21(12-16-25)22-13-17-26(18-14-22)30-20-28-24-9-5-2-6-10-24/h1,3-4,7-8,11-18,24H,2,5-6,9-10,19-20H2. The van der Waals surface area contributed by atoms with Gasteiger partial charge < -0.3 is 18.9 Å². The molecule has 4 heteroatoms. The van der Waals surface area contributed by atoms with Crippen molar-refractivity contribution in [1.29, 1.82) is 0 Å². The second kappa shape index (κ2) is 10.7. The van der Waals surface area contributed by atoms with Crippen molar-refractivity contribution < 1.29 is 18.9 Å². The van der Waals surface area contributed by atoms with Crippen LogP contribution in [0.5, 0.6) is 17.2 Å². The maximum Gasteiger partial charge on any atom is 0.230 e. The number of para-hydroxylation sites is 1. The average molecular weight is 405 g/mol. The SMILES string of the molecule is c1ccc(OCOc2ccc(-c3ccc(OCOC4CCCCC4)cc3)cc2)cc1. The minimum atomic E-state index is 0.179. The summed E-state index contributed by atoms with van der Waals surface area (Å²) in [6.07, 6.45) is 6.53. The zero-order valence-corrected chi connectivity index (χ0v) is 17.2. The van der Waals surface area contributed by atoms with Crippen molar-refractivity contribution in [2.75, 3.05) is 13.6 Å². The van der Waals surface area contributed by atoms with Gasteiger partial charge in [-0.1, -0.05) is 61.7 Å². The Morgan fingerprint density at radius 1 is 0.533 bits per heavy atom. The third kappa shape index (κ3) is 6.01. The lowest BCUT2D eigenvalue weighted by Crippen LogP contribution is -2.19. The predicted molar refractivity (Wildman–Crippen MR) is 118 cm³/mol. The van der Waals surface area contributed by atoms with Crippen LogP contribution in [-0.4, -0.2) is 19.7 Å². The third-order valence-corrected chi connectivity index (χ3v) is 5.32. The maximum absolute atomic E-state index is 5.83. The monoisotopic (exact) mass is 404 g/mol. The Balaban J connectivity index is 1.23. The molecule has 0 heterocycles. The summed E-state index contributed by atoms with van der Waals surface area (Å²) in [5, 5.41) is 0. The molecule has 3 aromatic carbocycles. The molecule has 4 nitrogen and oxygen atoms in total. The van der Waals surface area contributed by atoms with E-state index in [1.54, 1.807) is 0 Å². The molecular formula is C26H28O4. The first-order valence-corrected chi connectivity index (χ1v) is 10.6. The molecule has 1 aliphatic rings. The smallest absolute Gasteiger partial charge is 0.230 e. The summed E-state index contributed by atoms with van der Waals surface area (Å²) in [6, 6.07) is 25.7. The van der Waals surface area contributed by atoms with E-state index in [0.717, 1.165) is 41.2 Å². The fourth-order valence-electron chi connectivity index (χ4n) is 3.60. The summed E-state index contributed by atoms with van der Waals surface area (Å²) < 4.78 is 22.8. The number of benzene rings is 3. The lowest BCUT2D eigenvalue weighted by Gasteiger charge is -2.21. The fourth-order valence-corrected chi connectivity index (χ4v) is 3.60. The van der Waals surface area contributed by atoms with Crippen LogP contribution in [0.25, 0.3) is 11.1 Å². The second-order valence-corrected chi connectivity index (χ2v) is 7.46. The largest absolute Gasteiger partial charge is 0.468 e. The van der Waals surface area contributed by atoms with E-state index in [0.29, 0.717) is 12.9 Å². The molecule has 1 fully saturated rings. The molecule has 3 aromatic rings. The quantitative estimate of drug-likeness (QED) is 0.384. The van der Waals surface area contributed by atoms with E-state index in [-0.39, 0.29) is 6.79 Å². The summed E-state index contributed by atoms with van der Waals surface area (Å²) in [5.41, 5.74) is 2.25. The van der Waals surface area contributed by atoms with Gasteiger partial charge in [0.1, 0.15) is 17.2 Å². The van der Waals surface area contributed by atoms with Crippen molar-refractivity contribution in [2.45, 2.75) is 38.2 Å². The Morgan fingerprint density at radius 3 is 1.60 bits per heavy atom. The van der Waals surface area contributed by atoms with Gasteiger partial charge in [0, 0.05) is 0 Å². The van der Waals surface area contributed by atoms with Gasteiger partial charge in [0.25, 0.3) is 0 Å². The molecule has 0 N–H and O–H groups in total. The summed E-state index contributed by atoms with van der Waals surface area (Å²) in [5.74, 6) is 2.39. The van der Waals surface area contributed by atoms with Gasteiger partial charge in [0.15, 0.2) is 6.79 Å². The van der Waals surface area contributed by atoms with Gasteiger partial charge in [-0.25, -0.2) is 0 Å². The van der Waals surface area contributed by atoms with Crippen molar-refractivity contribution in [3.63, 3.8) is 0 Å². The topological polar surface area (TPSA) is 36.9 Å². The van der Waals surface area contributed by atoms with Crippen molar-refractivity contribution in [1.82, 2.24) is 0 Å². The Kier molecular flexibility index (Phi) is 7.24. The van der Waals surface area contributed by atoms with E-state index in [9.17, 15) is 0 Å². The van der Waals surface area contributed by atoms with Gasteiger partial charge in [-0.15, -0.1) is 0 Å². The van der Waals surface area contributed by atoms with Crippen LogP contribution in [-0.2, 0) is 4.74 Å². The van der Waals surface area contributed by atoms with E-state index >= 15 is 0 Å². The predicted octanol–water partition coefficient (Wildman–Crippen LogP) is 6.45. The highest BCUT2D eigenvalue weighted by atomic mass is 16.7. The Hall–Kier alpha value is -2.98. The zero-order chi connectivity index (χ0) is 20.4. The Labute approximate surface area is 178 Å². The first-order chi connectivity index (χ1) is 14.9. The first-order valence-electron chi connectivity index (χ1n) is 10.6. The van der Waals surface area contributed by atoms with Crippen LogP contribution >= 0.6 is 0 Å². The molecule has 0 saturated heterocycles. The summed E-state index contributed by atoms with van der Waals surface area (Å²) in [7, 11) is 0. The molecule has 156 valence electrons. The van der Waals surface area contributed by atoms with Crippen LogP contribution < -0.4 is 14.2 Å². The molecule has 30 heavy (non-hydrogen) atoms. The van der Waals surface area contributed by atoms with Crippen LogP contribution in [0.4, 0.5) is 0 Å². The van der Waals surface area contributed by atoms with E-state index in [4.69, 9.17) is 18.9 Å². The number of ether oxygens (including phenoxy) is 4. The molecule has 0 unspecified atom stereocenters. The number of hydrogen-bond acceptors (Lipinski definition) is 4. The molecule has 1 saturated carbocycles. The lowest BCUT2D eigenvalue weighted by molar-refractivity contribution is -0.0496. The minimum Gasteiger partial charge on any atom is -0.468 e. The van der Waals surface area contributed by atoms with Gasteiger partial charge >= 0.3 is 0 Å². The minimum absolute atomic E-state index is 0.179. The van der Waals surface area contributed by atoms with Crippen molar-refractivity contribution in [3.05, 3.63) is 78.9 Å². The van der Waals surface area contributed by atoms with Gasteiger partial charge in [-0.05, 0) is 60.4 Å². The van der Waals surface area contributed by atoms with Crippen LogP contribution in [0, 0.1) is 0 Å². The van der Waals surface area contributed by atoms with E-state index in [2.05, 4.69) is 12.1 Å². The van der Waals surface area contributed by atoms with Crippen molar-refractivity contribution in [3.8, 4) is 28.4 Å². The van der Waals surface area contributed by atoms with E-state index < -0.39 is 0 Å². The lowest BCUT2D eigenvalue weighted by atomic mass is 9.98. The second-order valence-electron chi connectivity index (χ2n) is 7.46. The van der Waals surface area contributed by atoms with Crippen LogP contribution in [0.15, 0.2) is 78.9 Å². The molecule has 1 aliphatic carbocycles. The summed E-state index contributed by atoms with van der Waals surface area (Å²) >= 11 is 0. The molecule has 0 spiro atoms. The Morgan fingerprint density at radius 2 is 1.03 bits per heavy atom. The van der Waals surface area contributed by atoms with Crippen LogP contribution in [0.2, 0.25) is 0 Å². The average Bonchev–Trinajstić information content (AvgIpc) is 2.82. The summed E-state index contributed by atoms with van der Waals surface area (Å²) in [4.78, 5) is 0.